The van der Waals surface area contributed by atoms with Crippen molar-refractivity contribution >= 4 is 11.6 Å². The smallest absolute Gasteiger partial charge is 0.227 e. The number of rotatable bonds is 3. The Balaban J connectivity index is 1.25. The van der Waals surface area contributed by atoms with Crippen LogP contribution in [-0.4, -0.2) is 68.6 Å². The number of carbonyl (C=O) groups excluding carboxylic acids is 1. The molecule has 2 fully saturated rings. The number of hydrogen-bond donors (Lipinski definition) is 0. The minimum atomic E-state index is 0.0467. The van der Waals surface area contributed by atoms with E-state index in [0.29, 0.717) is 36.5 Å². The summed E-state index contributed by atoms with van der Waals surface area (Å²) in [5.74, 6) is 1.80. The summed E-state index contributed by atoms with van der Waals surface area (Å²) in [6, 6.07) is 16.9. The van der Waals surface area contributed by atoms with Crippen LogP contribution in [-0.2, 0) is 17.6 Å². The van der Waals surface area contributed by atoms with E-state index < -0.39 is 0 Å². The molecule has 2 aromatic carbocycles. The number of benzene rings is 2. The highest BCUT2D eigenvalue weighted by molar-refractivity contribution is 5.79. The molecule has 2 saturated heterocycles. The van der Waals surface area contributed by atoms with Crippen molar-refractivity contribution < 1.29 is 9.53 Å². The largest absolute Gasteiger partial charge is 0.496 e. The number of nitrogens with zero attached hydrogens (tertiary/aromatic N) is 4. The molecule has 3 atom stereocenters. The van der Waals surface area contributed by atoms with E-state index >= 15 is 0 Å². The average molecular weight is 445 g/mol. The third kappa shape index (κ3) is 4.06. The third-order valence-electron chi connectivity index (χ3n) is 7.86. The third-order valence-corrected chi connectivity index (χ3v) is 7.86. The summed E-state index contributed by atoms with van der Waals surface area (Å²) < 4.78 is 5.64. The van der Waals surface area contributed by atoms with E-state index in [4.69, 9.17) is 4.74 Å². The van der Waals surface area contributed by atoms with E-state index in [1.165, 1.54) is 11.1 Å². The second-order valence-electron chi connectivity index (χ2n) is 9.65. The maximum atomic E-state index is 13.5. The van der Waals surface area contributed by atoms with Crippen molar-refractivity contribution in [2.75, 3.05) is 51.8 Å². The van der Waals surface area contributed by atoms with Gasteiger partial charge in [0, 0.05) is 38.8 Å². The number of para-hydroxylation sites is 1. The number of hydrogen-bond acceptors (Lipinski definition) is 5. The molecule has 2 aliphatic heterocycles. The maximum absolute atomic E-state index is 13.5. The van der Waals surface area contributed by atoms with Crippen molar-refractivity contribution in [2.45, 2.75) is 25.3 Å². The van der Waals surface area contributed by atoms with E-state index in [0.717, 1.165) is 50.3 Å². The summed E-state index contributed by atoms with van der Waals surface area (Å²) in [4.78, 5) is 20.2. The Morgan fingerprint density at radius 2 is 1.85 bits per heavy atom. The number of likely N-dealkylation sites (tertiary alicyclic amines) is 1. The van der Waals surface area contributed by atoms with Crippen LogP contribution in [0.25, 0.3) is 0 Å². The average Bonchev–Trinajstić information content (AvgIpc) is 2.87. The lowest BCUT2D eigenvalue weighted by Crippen LogP contribution is -2.56. The van der Waals surface area contributed by atoms with Crippen molar-refractivity contribution in [1.82, 2.24) is 9.80 Å². The van der Waals surface area contributed by atoms with Crippen LogP contribution >= 0.6 is 0 Å². The lowest BCUT2D eigenvalue weighted by atomic mass is 9.72. The van der Waals surface area contributed by atoms with Crippen molar-refractivity contribution in [1.29, 1.82) is 5.26 Å². The van der Waals surface area contributed by atoms with Crippen LogP contribution in [0.4, 0.5) is 5.69 Å². The number of anilines is 1. The predicted molar refractivity (Wildman–Crippen MR) is 128 cm³/mol. The lowest BCUT2D eigenvalue weighted by Gasteiger charge is -2.47. The van der Waals surface area contributed by atoms with Crippen LogP contribution in [0.1, 0.15) is 23.1 Å². The lowest BCUT2D eigenvalue weighted by molar-refractivity contribution is -0.139. The minimum Gasteiger partial charge on any atom is -0.496 e. The normalized spacial score (nSPS) is 25.1. The van der Waals surface area contributed by atoms with Gasteiger partial charge in [-0.05, 0) is 61.6 Å². The summed E-state index contributed by atoms with van der Waals surface area (Å²) >= 11 is 0. The maximum Gasteiger partial charge on any atom is 0.227 e. The molecular formula is C27H32N4O2. The summed E-state index contributed by atoms with van der Waals surface area (Å²) in [6.07, 6.45) is 2.96. The molecule has 2 heterocycles. The Labute approximate surface area is 196 Å². The van der Waals surface area contributed by atoms with E-state index in [1.54, 1.807) is 7.11 Å². The molecule has 0 N–H and O–H groups in total. The standard InChI is InChI=1S/C27H32N4O2/c1-29-18-22(14-21-15-23-19(16-25(21)29)7-5-9-26(23)33-2)27(32)31-12-10-30(11-13-31)24-8-4-3-6-20(24)17-28/h3-9,21-22,25H,10-16,18H2,1-2H3/t21-,22-,25-/m1/s1. The minimum absolute atomic E-state index is 0.0467. The molecule has 0 radical (unpaired) electrons. The quantitative estimate of drug-likeness (QED) is 0.729. The predicted octanol–water partition coefficient (Wildman–Crippen LogP) is 2.95. The van der Waals surface area contributed by atoms with Gasteiger partial charge in [0.05, 0.1) is 24.3 Å². The Bertz CT molecular complexity index is 1070. The first-order valence-electron chi connectivity index (χ1n) is 12.0. The summed E-state index contributed by atoms with van der Waals surface area (Å²) in [6.45, 7) is 3.79. The number of fused-ring (bicyclic) bond motifs is 2. The Morgan fingerprint density at radius 3 is 2.61 bits per heavy atom. The number of piperidine rings is 1. The zero-order valence-electron chi connectivity index (χ0n) is 19.5. The van der Waals surface area contributed by atoms with Gasteiger partial charge in [0.15, 0.2) is 0 Å². The van der Waals surface area contributed by atoms with Gasteiger partial charge in [0.2, 0.25) is 5.91 Å². The first-order valence-corrected chi connectivity index (χ1v) is 12.0. The van der Waals surface area contributed by atoms with Crippen LogP contribution in [0, 0.1) is 23.2 Å². The van der Waals surface area contributed by atoms with Gasteiger partial charge in [-0.15, -0.1) is 0 Å². The van der Waals surface area contributed by atoms with Gasteiger partial charge in [-0.1, -0.05) is 24.3 Å². The number of nitriles is 1. The van der Waals surface area contributed by atoms with Crippen LogP contribution in [0.2, 0.25) is 0 Å². The van der Waals surface area contributed by atoms with E-state index in [1.807, 2.05) is 29.2 Å². The van der Waals surface area contributed by atoms with Gasteiger partial charge in [0.25, 0.3) is 0 Å². The second-order valence-corrected chi connectivity index (χ2v) is 9.65. The van der Waals surface area contributed by atoms with Crippen molar-refractivity contribution in [3.8, 4) is 11.8 Å². The number of ether oxygens (including phenoxy) is 1. The molecule has 5 rings (SSSR count). The molecule has 0 bridgehead atoms. The molecule has 3 aliphatic rings. The van der Waals surface area contributed by atoms with Gasteiger partial charge in [-0.2, -0.15) is 5.26 Å². The summed E-state index contributed by atoms with van der Waals surface area (Å²) in [5, 5.41) is 9.42. The number of methoxy groups -OCH3 is 1. The first kappa shape index (κ1) is 21.8. The van der Waals surface area contributed by atoms with Crippen LogP contribution in [0.5, 0.6) is 5.75 Å². The van der Waals surface area contributed by atoms with E-state index in [9.17, 15) is 10.1 Å². The molecule has 0 spiro atoms. The Morgan fingerprint density at radius 1 is 1.06 bits per heavy atom. The molecule has 2 aromatic rings. The Kier molecular flexibility index (Phi) is 5.99. The fraction of sp³-hybridized carbons (Fsp3) is 0.481. The summed E-state index contributed by atoms with van der Waals surface area (Å²) in [7, 11) is 3.93. The molecule has 33 heavy (non-hydrogen) atoms. The molecule has 172 valence electrons. The first-order chi connectivity index (χ1) is 16.1. The van der Waals surface area contributed by atoms with Crippen molar-refractivity contribution in [2.24, 2.45) is 11.8 Å². The topological polar surface area (TPSA) is 59.8 Å². The van der Waals surface area contributed by atoms with Crippen LogP contribution < -0.4 is 9.64 Å². The van der Waals surface area contributed by atoms with Crippen LogP contribution in [0.15, 0.2) is 42.5 Å². The number of carbonyl (C=O) groups is 1. The molecular weight excluding hydrogens is 412 g/mol. The molecule has 0 unspecified atom stereocenters. The number of piperazine rings is 1. The highest BCUT2D eigenvalue weighted by Crippen LogP contribution is 2.40. The highest BCUT2D eigenvalue weighted by atomic mass is 16.5. The molecule has 1 amide bonds. The molecule has 6 nitrogen and oxygen atoms in total. The van der Waals surface area contributed by atoms with Gasteiger partial charge < -0.3 is 19.4 Å². The fourth-order valence-electron chi connectivity index (χ4n) is 6.14. The van der Waals surface area contributed by atoms with Gasteiger partial charge in [0.1, 0.15) is 11.8 Å². The molecule has 1 aliphatic carbocycles. The zero-order valence-corrected chi connectivity index (χ0v) is 19.5. The number of amides is 1. The second kappa shape index (κ2) is 9.07. The zero-order chi connectivity index (χ0) is 22.9. The van der Waals surface area contributed by atoms with Crippen LogP contribution in [0.3, 0.4) is 0 Å². The van der Waals surface area contributed by atoms with Crippen molar-refractivity contribution in [3.05, 3.63) is 59.2 Å². The van der Waals surface area contributed by atoms with Crippen molar-refractivity contribution in [3.63, 3.8) is 0 Å². The van der Waals surface area contributed by atoms with Gasteiger partial charge in [-0.25, -0.2) is 0 Å². The Hall–Kier alpha value is -3.04. The SMILES string of the molecule is COc1cccc2c1C[C@H]1C[C@@H](C(=O)N3CCN(c4ccccc4C#N)CC3)CN(C)[C@@H]1C2. The van der Waals surface area contributed by atoms with E-state index in [-0.39, 0.29) is 5.92 Å². The fourth-order valence-corrected chi connectivity index (χ4v) is 6.14. The van der Waals surface area contributed by atoms with Gasteiger partial charge >= 0.3 is 0 Å². The van der Waals surface area contributed by atoms with Gasteiger partial charge in [-0.3, -0.25) is 4.79 Å². The summed E-state index contributed by atoms with van der Waals surface area (Å²) in [5.41, 5.74) is 4.39. The molecule has 0 saturated carbocycles. The van der Waals surface area contributed by atoms with E-state index in [2.05, 4.69) is 41.1 Å². The molecule has 0 aromatic heterocycles. The highest BCUT2D eigenvalue weighted by Gasteiger charge is 2.41. The number of likely N-dealkylation sites (N-methyl/N-ethyl adjacent to an activating group) is 1. The molecule has 6 heteroatoms. The monoisotopic (exact) mass is 444 g/mol.